The number of hydroxylamine groups is 2. The van der Waals surface area contributed by atoms with E-state index < -0.39 is 0 Å². The van der Waals surface area contributed by atoms with Crippen LogP contribution < -0.4 is 0 Å². The molecule has 3 heteroatoms. The third kappa shape index (κ3) is 2.79. The van der Waals surface area contributed by atoms with E-state index in [0.29, 0.717) is 0 Å². The lowest BCUT2D eigenvalue weighted by molar-refractivity contribution is -0.0409. The molecular weight excluding hydrogens is 106 g/mol. The molecule has 0 N–H and O–H groups in total. The first kappa shape index (κ1) is 7.14. The summed E-state index contributed by atoms with van der Waals surface area (Å²) in [4.78, 5) is 0. The van der Waals surface area contributed by atoms with Crippen LogP contribution in [0.5, 0.6) is 0 Å². The van der Waals surface area contributed by atoms with Crippen molar-refractivity contribution in [3.63, 3.8) is 0 Å². The lowest BCUT2D eigenvalue weighted by Crippen LogP contribution is -2.21. The topological polar surface area (TPSA) is 12.5 Å². The second kappa shape index (κ2) is 4.30. The fourth-order valence-electron chi connectivity index (χ4n) is 0.406. The predicted molar refractivity (Wildman–Crippen MR) is 32.5 cm³/mol. The zero-order valence-electron chi connectivity index (χ0n) is 4.98. The maximum absolute atomic E-state index is 4.91. The van der Waals surface area contributed by atoms with Gasteiger partial charge in [0.25, 0.3) is 0 Å². The van der Waals surface area contributed by atoms with E-state index in [0.717, 1.165) is 13.1 Å². The standard InChI is InChI=1S/C4H12NOSi/c1-3-5(4-2)6-7/h3-4,7H2,1-2H3. The Morgan fingerprint density at radius 3 is 1.86 bits per heavy atom. The summed E-state index contributed by atoms with van der Waals surface area (Å²) in [5.41, 5.74) is 0. The van der Waals surface area contributed by atoms with Gasteiger partial charge in [0.15, 0.2) is 0 Å². The van der Waals surface area contributed by atoms with Crippen LogP contribution in [0, 0.1) is 0 Å². The maximum atomic E-state index is 4.91. The predicted octanol–water partition coefficient (Wildman–Crippen LogP) is -0.192. The van der Waals surface area contributed by atoms with Crippen LogP contribution in [0.15, 0.2) is 0 Å². The Labute approximate surface area is 48.0 Å². The fourth-order valence-corrected chi connectivity index (χ4v) is 0.771. The first-order valence-corrected chi connectivity index (χ1v) is 3.10. The zero-order valence-corrected chi connectivity index (χ0v) is 6.39. The van der Waals surface area contributed by atoms with E-state index in [1.54, 1.807) is 0 Å². The summed E-state index contributed by atoms with van der Waals surface area (Å²) >= 11 is 0. The van der Waals surface area contributed by atoms with E-state index in [-0.39, 0.29) is 0 Å². The van der Waals surface area contributed by atoms with Crippen LogP contribution in [0.1, 0.15) is 13.8 Å². The van der Waals surface area contributed by atoms with Crippen molar-refractivity contribution >= 4 is 10.5 Å². The van der Waals surface area contributed by atoms with E-state index in [1.807, 2.05) is 5.06 Å². The van der Waals surface area contributed by atoms with Crippen LogP contribution in [0.3, 0.4) is 0 Å². The monoisotopic (exact) mass is 118 g/mol. The Hall–Kier alpha value is 0.137. The van der Waals surface area contributed by atoms with Crippen molar-refractivity contribution < 1.29 is 4.53 Å². The highest BCUT2D eigenvalue weighted by molar-refractivity contribution is 5.97. The Kier molecular flexibility index (Phi) is 4.38. The highest BCUT2D eigenvalue weighted by Gasteiger charge is 1.89. The van der Waals surface area contributed by atoms with Crippen LogP contribution in [0.2, 0.25) is 0 Å². The molecular formula is C4H12NOSi. The molecule has 0 aromatic carbocycles. The number of rotatable bonds is 3. The summed E-state index contributed by atoms with van der Waals surface area (Å²) in [6.45, 7) is 6.08. The highest BCUT2D eigenvalue weighted by atomic mass is 28.2. The summed E-state index contributed by atoms with van der Waals surface area (Å²) < 4.78 is 4.91. The molecule has 0 spiro atoms. The first-order valence-electron chi connectivity index (χ1n) is 2.52. The minimum Gasteiger partial charge on any atom is -0.352 e. The van der Waals surface area contributed by atoms with Crippen molar-refractivity contribution in [2.75, 3.05) is 13.1 Å². The Bertz CT molecular complexity index is 33.2. The minimum absolute atomic E-state index is 0.972. The summed E-state index contributed by atoms with van der Waals surface area (Å²) in [6, 6.07) is 0. The average molecular weight is 118 g/mol. The molecule has 0 aliphatic heterocycles. The molecule has 1 radical (unpaired) electrons. The van der Waals surface area contributed by atoms with Gasteiger partial charge in [-0.25, -0.2) is 5.06 Å². The number of hydrogen-bond acceptors (Lipinski definition) is 2. The van der Waals surface area contributed by atoms with Gasteiger partial charge in [-0.05, 0) is 0 Å². The van der Waals surface area contributed by atoms with Gasteiger partial charge in [-0.1, -0.05) is 13.8 Å². The quantitative estimate of drug-likeness (QED) is 0.376. The van der Waals surface area contributed by atoms with Crippen molar-refractivity contribution in [3.05, 3.63) is 0 Å². The second-order valence-electron chi connectivity index (χ2n) is 1.24. The summed E-state index contributed by atoms with van der Waals surface area (Å²) in [6.07, 6.45) is 0. The molecule has 7 heavy (non-hydrogen) atoms. The Morgan fingerprint density at radius 2 is 1.86 bits per heavy atom. The molecule has 0 fully saturated rings. The highest BCUT2D eigenvalue weighted by Crippen LogP contribution is 1.81. The van der Waals surface area contributed by atoms with Gasteiger partial charge in [0.2, 0.25) is 10.5 Å². The van der Waals surface area contributed by atoms with Gasteiger partial charge in [-0.3, -0.25) is 0 Å². The minimum atomic E-state index is 0.972. The van der Waals surface area contributed by atoms with Gasteiger partial charge in [0.1, 0.15) is 0 Å². The van der Waals surface area contributed by atoms with Gasteiger partial charge in [0, 0.05) is 13.1 Å². The molecule has 0 aromatic rings. The van der Waals surface area contributed by atoms with Crippen LogP contribution >= 0.6 is 0 Å². The van der Waals surface area contributed by atoms with Gasteiger partial charge in [0.05, 0.1) is 0 Å². The first-order chi connectivity index (χ1) is 3.35. The lowest BCUT2D eigenvalue weighted by Gasteiger charge is -2.13. The molecule has 0 heterocycles. The Balaban J connectivity index is 2.99. The molecule has 0 aliphatic rings. The zero-order chi connectivity index (χ0) is 5.70. The molecule has 0 saturated carbocycles. The van der Waals surface area contributed by atoms with Crippen LogP contribution in [0.4, 0.5) is 0 Å². The lowest BCUT2D eigenvalue weighted by atomic mass is 10.6. The van der Waals surface area contributed by atoms with E-state index in [2.05, 4.69) is 13.8 Å². The molecule has 0 amide bonds. The van der Waals surface area contributed by atoms with E-state index in [4.69, 9.17) is 4.53 Å². The molecule has 0 bridgehead atoms. The second-order valence-corrected chi connectivity index (χ2v) is 1.50. The molecule has 0 rings (SSSR count). The van der Waals surface area contributed by atoms with E-state index >= 15 is 0 Å². The van der Waals surface area contributed by atoms with Crippen LogP contribution in [0.25, 0.3) is 0 Å². The van der Waals surface area contributed by atoms with Crippen LogP contribution in [-0.2, 0) is 4.53 Å². The molecule has 2 nitrogen and oxygen atoms in total. The third-order valence-corrected chi connectivity index (χ3v) is 1.25. The maximum Gasteiger partial charge on any atom is 0.205 e. The van der Waals surface area contributed by atoms with E-state index in [9.17, 15) is 0 Å². The van der Waals surface area contributed by atoms with E-state index in [1.165, 1.54) is 10.5 Å². The van der Waals surface area contributed by atoms with Crippen molar-refractivity contribution in [3.8, 4) is 0 Å². The van der Waals surface area contributed by atoms with Gasteiger partial charge in [-0.15, -0.1) is 0 Å². The molecule has 0 saturated heterocycles. The van der Waals surface area contributed by atoms with Crippen LogP contribution in [-0.4, -0.2) is 28.6 Å². The van der Waals surface area contributed by atoms with Gasteiger partial charge in [-0.2, -0.15) is 0 Å². The summed E-state index contributed by atoms with van der Waals surface area (Å²) in [7, 11) is 1.51. The molecule has 0 atom stereocenters. The van der Waals surface area contributed by atoms with Crippen molar-refractivity contribution in [2.24, 2.45) is 0 Å². The summed E-state index contributed by atoms with van der Waals surface area (Å²) in [5.74, 6) is 0. The molecule has 0 unspecified atom stereocenters. The smallest absolute Gasteiger partial charge is 0.205 e. The van der Waals surface area contributed by atoms with Crippen molar-refractivity contribution in [1.29, 1.82) is 0 Å². The molecule has 43 valence electrons. The van der Waals surface area contributed by atoms with Gasteiger partial charge >= 0.3 is 0 Å². The molecule has 0 aliphatic carbocycles. The molecule has 0 aromatic heterocycles. The fraction of sp³-hybridized carbons (Fsp3) is 1.00. The van der Waals surface area contributed by atoms with Crippen molar-refractivity contribution in [2.45, 2.75) is 13.8 Å². The summed E-state index contributed by atoms with van der Waals surface area (Å²) in [5, 5.41) is 1.89. The SMILES string of the molecule is CCN(CC)O[SiH2]. The number of hydrogen-bond donors (Lipinski definition) is 0. The number of nitrogens with zero attached hydrogens (tertiary/aromatic N) is 1. The Morgan fingerprint density at radius 1 is 1.43 bits per heavy atom. The van der Waals surface area contributed by atoms with Crippen molar-refractivity contribution in [1.82, 2.24) is 5.06 Å². The normalized spacial score (nSPS) is 10.3. The largest absolute Gasteiger partial charge is 0.352 e. The average Bonchev–Trinajstić information content (AvgIpc) is 1.72. The third-order valence-electron chi connectivity index (χ3n) is 0.888. The van der Waals surface area contributed by atoms with Gasteiger partial charge < -0.3 is 4.53 Å².